The summed E-state index contributed by atoms with van der Waals surface area (Å²) in [6.07, 6.45) is 0. The monoisotopic (exact) mass is 1750 g/mol. The third-order valence-corrected chi connectivity index (χ3v) is 29.8. The maximum absolute atomic E-state index is 2.44. The zero-order chi connectivity index (χ0) is 91.1. The van der Waals surface area contributed by atoms with Crippen molar-refractivity contribution in [1.82, 2.24) is 22.8 Å². The van der Waals surface area contributed by atoms with Crippen LogP contribution in [-0.2, 0) is 10.8 Å². The number of nitrogens with zero attached hydrogens (tertiary/aromatic N) is 5. The van der Waals surface area contributed by atoms with Crippen molar-refractivity contribution < 1.29 is 0 Å². The van der Waals surface area contributed by atoms with Crippen molar-refractivity contribution in [3.8, 4) is 61.8 Å². The van der Waals surface area contributed by atoms with E-state index in [-0.39, 0.29) is 10.8 Å². The summed E-state index contributed by atoms with van der Waals surface area (Å²) in [6.45, 7) is 20.1. The molecule has 0 saturated carbocycles. The molecule has 2 aliphatic carbocycles. The number of fused-ring (bicyclic) bond motifs is 25. The fraction of sp³-hybridized carbons (Fsp3) is 0.0853. The molecule has 0 radical (unpaired) electrons. The average Bonchev–Trinajstić information content (AvgIpc) is 1.55. The van der Waals surface area contributed by atoms with Crippen LogP contribution >= 0.6 is 11.3 Å². The van der Waals surface area contributed by atoms with Crippen molar-refractivity contribution in [1.29, 1.82) is 0 Å². The van der Waals surface area contributed by atoms with E-state index in [2.05, 4.69) is 522 Å². The molecule has 0 saturated heterocycles. The number of benzene rings is 20. The molecule has 5 nitrogen and oxygen atoms in total. The maximum atomic E-state index is 2.44. The Bertz CT molecular complexity index is 9220. The summed E-state index contributed by atoms with van der Waals surface area (Å²) in [5, 5.41) is 18.4. The van der Waals surface area contributed by atoms with Gasteiger partial charge in [-0.2, -0.15) is 0 Å². The van der Waals surface area contributed by atoms with E-state index >= 15 is 0 Å². The van der Waals surface area contributed by atoms with Gasteiger partial charge in [-0.25, -0.2) is 0 Å². The predicted molar refractivity (Wildman–Crippen MR) is 579 cm³/mol. The largest absolute Gasteiger partial charge is 0.309 e. The molecular weight excluding hydrogens is 1650 g/mol. The van der Waals surface area contributed by atoms with Gasteiger partial charge in [0.1, 0.15) is 0 Å². The maximum Gasteiger partial charge on any atom is 0.0555 e. The van der Waals surface area contributed by atoms with Gasteiger partial charge in [-0.05, 0) is 270 Å². The third-order valence-electron chi connectivity index (χ3n) is 28.6. The van der Waals surface area contributed by atoms with Crippen LogP contribution in [0.3, 0.4) is 0 Å². The lowest BCUT2D eigenvalue weighted by Crippen LogP contribution is -2.14. The zero-order valence-corrected chi connectivity index (χ0v) is 78.0. The topological polar surface area (TPSA) is 24.6 Å². The summed E-state index contributed by atoms with van der Waals surface area (Å²) in [7, 11) is 0. The van der Waals surface area contributed by atoms with Crippen LogP contribution in [0.4, 0.5) is 0 Å². The van der Waals surface area contributed by atoms with Gasteiger partial charge in [0.25, 0.3) is 0 Å². The number of aryl methyl sites for hydroxylation is 5. The Labute approximate surface area is 790 Å². The fourth-order valence-corrected chi connectivity index (χ4v) is 23.1. The fourth-order valence-electron chi connectivity index (χ4n) is 22.0. The van der Waals surface area contributed by atoms with Gasteiger partial charge in [0.15, 0.2) is 0 Å². The van der Waals surface area contributed by atoms with Crippen LogP contribution in [-0.4, -0.2) is 22.8 Å². The van der Waals surface area contributed by atoms with E-state index in [1.807, 2.05) is 11.3 Å². The van der Waals surface area contributed by atoms with Crippen LogP contribution in [0, 0.1) is 34.6 Å². The van der Waals surface area contributed by atoms with Gasteiger partial charge >= 0.3 is 0 Å². The molecule has 0 spiro atoms. The Balaban J connectivity index is 0.0000000926. The summed E-state index contributed by atoms with van der Waals surface area (Å²) < 4.78 is 14.7. The van der Waals surface area contributed by atoms with Crippen LogP contribution in [0.25, 0.3) is 202 Å². The minimum atomic E-state index is 0.00794. The van der Waals surface area contributed by atoms with Crippen molar-refractivity contribution >= 4 is 151 Å². The van der Waals surface area contributed by atoms with Gasteiger partial charge < -0.3 is 22.8 Å². The average molecular weight is 1750 g/mol. The molecule has 6 heterocycles. The lowest BCUT2D eigenvalue weighted by molar-refractivity contribution is 0.661. The lowest BCUT2D eigenvalue weighted by Gasteiger charge is -2.21. The molecule has 20 aromatic carbocycles. The van der Waals surface area contributed by atoms with E-state index in [9.17, 15) is 0 Å². The Morgan fingerprint density at radius 2 is 0.511 bits per heavy atom. The SMILES string of the molecule is Cc1ccc(-n2c3ccccc3c3cc(-c4ccccc4)ccc32)cc1.Cc1ccc(-n2c3ccccc3c3cc4c(cc32)C(C)(C)c2ccccc2-4)cc1.Cc1ccc(-n2c3ccccc3c3cc4c(cc32)sc2ccccc24)cc1.Cc1cccc(-n2c3ccccc3c3cc4c(cc32)C(C)(C)c2ccccc2-4)c1.Cc1cccc(-n2c3ccccc3c3cc4ccccc4cc32)c1. The highest BCUT2D eigenvalue weighted by Gasteiger charge is 2.38. The second-order valence-electron chi connectivity index (χ2n) is 37.9. The van der Waals surface area contributed by atoms with Crippen molar-refractivity contribution in [2.24, 2.45) is 0 Å². The molecule has 0 fully saturated rings. The van der Waals surface area contributed by atoms with E-state index < -0.39 is 0 Å². The van der Waals surface area contributed by atoms with Crippen LogP contribution in [0.15, 0.2) is 437 Å². The Morgan fingerprint density at radius 1 is 0.170 bits per heavy atom. The molecular formula is C129H99N5S. The molecule has 0 bridgehead atoms. The van der Waals surface area contributed by atoms with Gasteiger partial charge in [0.2, 0.25) is 0 Å². The molecule has 26 aromatic rings. The molecule has 0 aliphatic heterocycles. The standard InChI is InChI=1S/2C28H23N.C25H17NS.C25H19N.C23H17N/c1-18-9-8-10-19(15-18)29-26-14-7-5-12-21(26)23-16-22-20-11-4-6-13-24(20)28(2,3)25(22)17-27(23)29;1-18-12-14-19(15-13-18)29-26-11-7-5-9-21(26)23-16-22-20-8-4-6-10-24(20)28(2,3)25(22)17-27(23)29;1-16-10-12-17(13-11-16)26-22-8-4-2-6-18(22)20-14-21-19-7-3-5-9-24(19)27-25(21)15-23(20)26;1-18-11-14-21(15-12-18)26-24-10-6-5-9-22(24)23-17-20(13-16-25(23)26)19-7-3-2-4-8-19;1-16-7-6-10-19(13-16)24-22-12-5-4-11-20(22)21-14-17-8-2-3-9-18(17)15-23(21)24/h2*4-17H,1-3H3;2-15H,1H3;2-17H,1H3;2-15H,1H3. The van der Waals surface area contributed by atoms with Gasteiger partial charge in [-0.3, -0.25) is 0 Å². The number of para-hydroxylation sites is 5. The molecule has 28 rings (SSSR count). The van der Waals surface area contributed by atoms with Crippen molar-refractivity contribution in [2.45, 2.75) is 73.1 Å². The van der Waals surface area contributed by atoms with Gasteiger partial charge in [-0.15, -0.1) is 11.3 Å². The normalized spacial score (nSPS) is 12.7. The summed E-state index contributed by atoms with van der Waals surface area (Å²) >= 11 is 1.88. The van der Waals surface area contributed by atoms with Crippen molar-refractivity contribution in [2.75, 3.05) is 0 Å². The zero-order valence-electron chi connectivity index (χ0n) is 77.2. The molecule has 2 aliphatic rings. The molecule has 0 N–H and O–H groups in total. The minimum Gasteiger partial charge on any atom is -0.309 e. The molecule has 6 heteroatoms. The second kappa shape index (κ2) is 32.7. The minimum absolute atomic E-state index is 0.00794. The van der Waals surface area contributed by atoms with E-state index in [1.165, 1.54) is 252 Å². The number of hydrogen-bond donors (Lipinski definition) is 0. The van der Waals surface area contributed by atoms with Crippen LogP contribution in [0.1, 0.15) is 77.8 Å². The quantitative estimate of drug-likeness (QED) is 0.159. The number of hydrogen-bond acceptors (Lipinski definition) is 1. The van der Waals surface area contributed by atoms with Crippen LogP contribution in [0.2, 0.25) is 0 Å². The third kappa shape index (κ3) is 13.9. The number of thiophene rings is 1. The highest BCUT2D eigenvalue weighted by Crippen LogP contribution is 2.54. The first-order valence-electron chi connectivity index (χ1n) is 47.1. The van der Waals surface area contributed by atoms with Gasteiger partial charge in [-0.1, -0.05) is 323 Å². The van der Waals surface area contributed by atoms with Crippen molar-refractivity contribution in [3.05, 3.63) is 487 Å². The molecule has 0 unspecified atom stereocenters. The van der Waals surface area contributed by atoms with Crippen LogP contribution in [0.5, 0.6) is 0 Å². The molecule has 646 valence electrons. The van der Waals surface area contributed by atoms with Crippen molar-refractivity contribution in [3.63, 3.8) is 0 Å². The van der Waals surface area contributed by atoms with E-state index in [1.54, 1.807) is 0 Å². The summed E-state index contributed by atoms with van der Waals surface area (Å²) in [4.78, 5) is 0. The summed E-state index contributed by atoms with van der Waals surface area (Å²) in [5.74, 6) is 0. The Morgan fingerprint density at radius 3 is 0.963 bits per heavy atom. The molecule has 6 aromatic heterocycles. The predicted octanol–water partition coefficient (Wildman–Crippen LogP) is 35.3. The molecule has 0 atom stereocenters. The lowest BCUT2D eigenvalue weighted by atomic mass is 9.82. The molecule has 135 heavy (non-hydrogen) atoms. The molecule has 0 amide bonds. The first kappa shape index (κ1) is 82.1. The van der Waals surface area contributed by atoms with Gasteiger partial charge in [0, 0.05) is 113 Å². The summed E-state index contributed by atoms with van der Waals surface area (Å²) in [5.41, 5.74) is 38.9. The first-order valence-corrected chi connectivity index (χ1v) is 47.9. The summed E-state index contributed by atoms with van der Waals surface area (Å²) in [6, 6.07) is 159. The second-order valence-corrected chi connectivity index (χ2v) is 39.0. The Hall–Kier alpha value is -16.1. The van der Waals surface area contributed by atoms with E-state index in [4.69, 9.17) is 0 Å². The highest BCUT2D eigenvalue weighted by atomic mass is 32.1. The van der Waals surface area contributed by atoms with Crippen LogP contribution < -0.4 is 0 Å². The number of aromatic nitrogens is 5. The van der Waals surface area contributed by atoms with E-state index in [0.29, 0.717) is 0 Å². The first-order chi connectivity index (χ1) is 66.0. The van der Waals surface area contributed by atoms with E-state index in [0.717, 1.165) is 0 Å². The number of rotatable bonds is 6. The van der Waals surface area contributed by atoms with Gasteiger partial charge in [0.05, 0.1) is 55.2 Å². The highest BCUT2D eigenvalue weighted by molar-refractivity contribution is 7.25. The Kier molecular flexibility index (Phi) is 19.9. The smallest absolute Gasteiger partial charge is 0.0555 e.